The van der Waals surface area contributed by atoms with E-state index >= 15 is 0 Å². The number of nitrogens with zero attached hydrogens (tertiary/aromatic N) is 3. The van der Waals surface area contributed by atoms with Gasteiger partial charge in [0.2, 0.25) is 0 Å². The highest BCUT2D eigenvalue weighted by Gasteiger charge is 2.24. The van der Waals surface area contributed by atoms with Crippen molar-refractivity contribution in [2.45, 2.75) is 13.8 Å². The summed E-state index contributed by atoms with van der Waals surface area (Å²) >= 11 is 0. The quantitative estimate of drug-likeness (QED) is 0.861. The standard InChI is InChI=1S/C13H17N3O2S/c1-10-13(12-8-6-5-7-9-12)14-11(2)16(10)19(17,18)15(3)4/h5-9H,1-4H3. The van der Waals surface area contributed by atoms with E-state index in [1.807, 2.05) is 30.3 Å². The maximum atomic E-state index is 12.3. The lowest BCUT2D eigenvalue weighted by Gasteiger charge is -2.14. The minimum absolute atomic E-state index is 0.463. The Morgan fingerprint density at radius 3 is 2.21 bits per heavy atom. The van der Waals surface area contributed by atoms with Gasteiger partial charge in [0.1, 0.15) is 5.82 Å². The molecule has 1 aromatic carbocycles. The predicted octanol–water partition coefficient (Wildman–Crippen LogP) is 1.82. The van der Waals surface area contributed by atoms with Crippen LogP contribution in [0.25, 0.3) is 11.3 Å². The van der Waals surface area contributed by atoms with E-state index < -0.39 is 10.2 Å². The Balaban J connectivity index is 2.66. The van der Waals surface area contributed by atoms with Crippen LogP contribution in [0.4, 0.5) is 0 Å². The smallest absolute Gasteiger partial charge is 0.232 e. The van der Waals surface area contributed by atoms with E-state index in [9.17, 15) is 8.42 Å². The van der Waals surface area contributed by atoms with Crippen LogP contribution in [-0.2, 0) is 10.2 Å². The molecule has 1 aromatic heterocycles. The zero-order valence-electron chi connectivity index (χ0n) is 11.5. The van der Waals surface area contributed by atoms with E-state index in [2.05, 4.69) is 4.98 Å². The van der Waals surface area contributed by atoms with Crippen molar-refractivity contribution in [2.24, 2.45) is 0 Å². The molecule has 102 valence electrons. The first-order valence-corrected chi connectivity index (χ1v) is 7.29. The highest BCUT2D eigenvalue weighted by Crippen LogP contribution is 2.24. The molecule has 0 radical (unpaired) electrons. The Hall–Kier alpha value is -1.66. The molecule has 5 nitrogen and oxygen atoms in total. The molecule has 0 aliphatic carbocycles. The number of benzene rings is 1. The summed E-state index contributed by atoms with van der Waals surface area (Å²) in [6.45, 7) is 3.46. The Labute approximate surface area is 113 Å². The summed E-state index contributed by atoms with van der Waals surface area (Å²) in [5.41, 5.74) is 2.23. The molecule has 0 unspecified atom stereocenters. The zero-order chi connectivity index (χ0) is 14.2. The van der Waals surface area contributed by atoms with Gasteiger partial charge in [0.05, 0.1) is 11.4 Å². The van der Waals surface area contributed by atoms with Crippen molar-refractivity contribution in [3.05, 3.63) is 41.9 Å². The summed E-state index contributed by atoms with van der Waals surface area (Å²) in [4.78, 5) is 4.39. The maximum absolute atomic E-state index is 12.3. The van der Waals surface area contributed by atoms with Crippen molar-refractivity contribution in [3.8, 4) is 11.3 Å². The fourth-order valence-electron chi connectivity index (χ4n) is 2.00. The van der Waals surface area contributed by atoms with E-state index in [1.165, 1.54) is 22.4 Å². The molecule has 6 heteroatoms. The minimum Gasteiger partial charge on any atom is -0.232 e. The molecule has 0 aliphatic heterocycles. The molecule has 0 aliphatic rings. The van der Waals surface area contributed by atoms with Gasteiger partial charge in [-0.3, -0.25) is 0 Å². The van der Waals surface area contributed by atoms with Crippen LogP contribution in [0.1, 0.15) is 11.5 Å². The van der Waals surface area contributed by atoms with Gasteiger partial charge in [0.25, 0.3) is 0 Å². The van der Waals surface area contributed by atoms with E-state index in [1.54, 1.807) is 13.8 Å². The third-order valence-corrected chi connectivity index (χ3v) is 4.88. The van der Waals surface area contributed by atoms with E-state index in [0.29, 0.717) is 17.2 Å². The zero-order valence-corrected chi connectivity index (χ0v) is 12.3. The second-order valence-electron chi connectivity index (χ2n) is 4.51. The van der Waals surface area contributed by atoms with Crippen molar-refractivity contribution in [1.82, 2.24) is 13.3 Å². The van der Waals surface area contributed by atoms with Crippen molar-refractivity contribution in [2.75, 3.05) is 14.1 Å². The van der Waals surface area contributed by atoms with E-state index in [0.717, 1.165) is 5.56 Å². The topological polar surface area (TPSA) is 55.2 Å². The first-order chi connectivity index (χ1) is 8.85. The fraction of sp³-hybridized carbons (Fsp3) is 0.308. The van der Waals surface area contributed by atoms with Gasteiger partial charge in [-0.25, -0.2) is 8.96 Å². The summed E-state index contributed by atoms with van der Waals surface area (Å²) in [5.74, 6) is 0.463. The SMILES string of the molecule is Cc1nc(-c2ccccc2)c(C)n1S(=O)(=O)N(C)C. The van der Waals surface area contributed by atoms with Crippen molar-refractivity contribution >= 4 is 10.2 Å². The normalized spacial score (nSPS) is 12.1. The average molecular weight is 279 g/mol. The van der Waals surface area contributed by atoms with E-state index in [-0.39, 0.29) is 0 Å². The third-order valence-electron chi connectivity index (χ3n) is 2.95. The number of imidazole rings is 1. The van der Waals surface area contributed by atoms with Crippen LogP contribution in [0.2, 0.25) is 0 Å². The Bertz CT molecular complexity index is 688. The number of hydrogen-bond donors (Lipinski definition) is 0. The number of rotatable bonds is 3. The van der Waals surface area contributed by atoms with Gasteiger partial charge in [-0.05, 0) is 13.8 Å². The summed E-state index contributed by atoms with van der Waals surface area (Å²) < 4.78 is 27.0. The summed E-state index contributed by atoms with van der Waals surface area (Å²) in [5, 5.41) is 0. The van der Waals surface area contributed by atoms with Crippen LogP contribution in [-0.4, -0.2) is 35.8 Å². The van der Waals surface area contributed by atoms with Gasteiger partial charge >= 0.3 is 10.2 Å². The van der Waals surface area contributed by atoms with Crippen LogP contribution in [0.15, 0.2) is 30.3 Å². The average Bonchev–Trinajstić information content (AvgIpc) is 2.66. The Kier molecular flexibility index (Phi) is 3.47. The molecule has 0 saturated heterocycles. The molecule has 2 rings (SSSR count). The van der Waals surface area contributed by atoms with Crippen molar-refractivity contribution < 1.29 is 8.42 Å². The fourth-order valence-corrected chi connectivity index (χ4v) is 3.13. The van der Waals surface area contributed by atoms with E-state index in [4.69, 9.17) is 0 Å². The Morgan fingerprint density at radius 2 is 1.68 bits per heavy atom. The number of aromatic nitrogens is 2. The molecule has 0 bridgehead atoms. The molecule has 1 heterocycles. The van der Waals surface area contributed by atoms with Crippen molar-refractivity contribution in [3.63, 3.8) is 0 Å². The largest absolute Gasteiger partial charge is 0.308 e. The first kappa shape index (κ1) is 13.8. The number of hydrogen-bond acceptors (Lipinski definition) is 3. The highest BCUT2D eigenvalue weighted by molar-refractivity contribution is 7.87. The van der Waals surface area contributed by atoms with Gasteiger partial charge in [0.15, 0.2) is 0 Å². The lowest BCUT2D eigenvalue weighted by Crippen LogP contribution is -2.30. The molecule has 0 spiro atoms. The third kappa shape index (κ3) is 2.29. The molecule has 19 heavy (non-hydrogen) atoms. The Morgan fingerprint density at radius 1 is 1.11 bits per heavy atom. The second kappa shape index (κ2) is 4.79. The summed E-state index contributed by atoms with van der Waals surface area (Å²) in [6, 6.07) is 9.56. The summed E-state index contributed by atoms with van der Waals surface area (Å²) in [6.07, 6.45) is 0. The van der Waals surface area contributed by atoms with Crippen molar-refractivity contribution in [1.29, 1.82) is 0 Å². The molecular formula is C13H17N3O2S. The first-order valence-electron chi connectivity index (χ1n) is 5.90. The lowest BCUT2D eigenvalue weighted by molar-refractivity contribution is 0.508. The van der Waals surface area contributed by atoms with Crippen LogP contribution in [0.5, 0.6) is 0 Å². The molecular weight excluding hydrogens is 262 g/mol. The minimum atomic E-state index is -3.54. The van der Waals surface area contributed by atoms with Gasteiger partial charge in [-0.1, -0.05) is 30.3 Å². The van der Waals surface area contributed by atoms with Crippen LogP contribution >= 0.6 is 0 Å². The monoisotopic (exact) mass is 279 g/mol. The van der Waals surface area contributed by atoms with Crippen LogP contribution in [0, 0.1) is 13.8 Å². The molecule has 0 fully saturated rings. The van der Waals surface area contributed by atoms with Crippen LogP contribution in [0.3, 0.4) is 0 Å². The lowest BCUT2D eigenvalue weighted by atomic mass is 10.1. The summed E-state index contributed by atoms with van der Waals surface area (Å²) in [7, 11) is -0.517. The molecule has 0 atom stereocenters. The van der Waals surface area contributed by atoms with Gasteiger partial charge in [-0.15, -0.1) is 0 Å². The van der Waals surface area contributed by atoms with Crippen LogP contribution < -0.4 is 0 Å². The highest BCUT2D eigenvalue weighted by atomic mass is 32.2. The molecule has 0 amide bonds. The molecule has 0 saturated carbocycles. The maximum Gasteiger partial charge on any atom is 0.308 e. The predicted molar refractivity (Wildman–Crippen MR) is 75.1 cm³/mol. The van der Waals surface area contributed by atoms with Gasteiger partial charge in [0, 0.05) is 19.7 Å². The van der Waals surface area contributed by atoms with Gasteiger partial charge in [-0.2, -0.15) is 12.7 Å². The molecule has 0 N–H and O–H groups in total. The second-order valence-corrected chi connectivity index (χ2v) is 6.50. The molecule has 2 aromatic rings. The van der Waals surface area contributed by atoms with Gasteiger partial charge < -0.3 is 0 Å². The number of aryl methyl sites for hydroxylation is 1.